The summed E-state index contributed by atoms with van der Waals surface area (Å²) in [7, 11) is 0. The highest BCUT2D eigenvalue weighted by Crippen LogP contribution is 2.10. The third-order valence-electron chi connectivity index (χ3n) is 1.77. The normalized spacial score (nSPS) is 9.06. The smallest absolute Gasteiger partial charge is 0.225 e. The van der Waals surface area contributed by atoms with Crippen LogP contribution in [-0.2, 0) is 4.79 Å². The molecule has 0 spiro atoms. The molecule has 1 aromatic rings. The fourth-order valence-electron chi connectivity index (χ4n) is 1.07. The van der Waals surface area contributed by atoms with Crippen LogP contribution in [0.3, 0.4) is 0 Å². The molecule has 5 nitrogen and oxygen atoms in total. The zero-order chi connectivity index (χ0) is 12.0. The van der Waals surface area contributed by atoms with Crippen LogP contribution in [0.1, 0.15) is 17.3 Å². The number of benzene rings is 1. The Balaban J connectivity index is 2.66. The Bertz CT molecular complexity index is 420. The maximum Gasteiger partial charge on any atom is 0.225 e. The van der Waals surface area contributed by atoms with Crippen molar-refractivity contribution in [1.29, 1.82) is 0 Å². The summed E-state index contributed by atoms with van der Waals surface area (Å²) in [5.74, 6) is -0.0199. The Morgan fingerprint density at radius 2 is 2.19 bits per heavy atom. The summed E-state index contributed by atoms with van der Waals surface area (Å²) < 4.78 is 0. The van der Waals surface area contributed by atoms with Crippen molar-refractivity contribution in [3.05, 3.63) is 29.8 Å². The van der Waals surface area contributed by atoms with Gasteiger partial charge in [-0.2, -0.15) is 0 Å². The van der Waals surface area contributed by atoms with Crippen molar-refractivity contribution in [1.82, 2.24) is 10.9 Å². The summed E-state index contributed by atoms with van der Waals surface area (Å²) in [5.41, 5.74) is 5.92. The maximum absolute atomic E-state index is 11.1. The second kappa shape index (κ2) is 5.82. The molecule has 0 heterocycles. The Morgan fingerprint density at radius 3 is 2.81 bits per heavy atom. The molecular formula is C10H11N3O2S. The van der Waals surface area contributed by atoms with Crippen molar-refractivity contribution >= 4 is 35.2 Å². The molecule has 0 aliphatic rings. The van der Waals surface area contributed by atoms with Gasteiger partial charge in [-0.05, 0) is 31.3 Å². The highest BCUT2D eigenvalue weighted by molar-refractivity contribution is 7.80. The van der Waals surface area contributed by atoms with Gasteiger partial charge < -0.3 is 5.32 Å². The van der Waals surface area contributed by atoms with E-state index >= 15 is 0 Å². The monoisotopic (exact) mass is 237 g/mol. The van der Waals surface area contributed by atoms with Crippen LogP contribution in [0.5, 0.6) is 0 Å². The van der Waals surface area contributed by atoms with Gasteiger partial charge in [0.1, 0.15) is 0 Å². The first-order chi connectivity index (χ1) is 7.63. The zero-order valence-corrected chi connectivity index (χ0v) is 9.43. The Labute approximate surface area is 98.2 Å². The minimum absolute atomic E-state index is 0.0199. The minimum atomic E-state index is -0.0199. The molecule has 3 N–H and O–H groups in total. The molecule has 6 heteroatoms. The third-order valence-corrected chi connectivity index (χ3v) is 1.98. The predicted molar refractivity (Wildman–Crippen MR) is 65.0 cm³/mol. The zero-order valence-electron chi connectivity index (χ0n) is 8.61. The molecule has 84 valence electrons. The van der Waals surface area contributed by atoms with Crippen molar-refractivity contribution < 1.29 is 9.59 Å². The predicted octanol–water partition coefficient (Wildman–Crippen LogP) is 0.837. The number of nitrogens with one attached hydrogen (secondary N) is 3. The molecule has 0 radical (unpaired) electrons. The number of carbonyl (C=O) groups excluding carboxylic acids is 2. The Kier molecular flexibility index (Phi) is 4.41. The summed E-state index contributed by atoms with van der Waals surface area (Å²) in [6.07, 6.45) is 0.472. The van der Waals surface area contributed by atoms with Gasteiger partial charge in [-0.25, -0.2) is 0 Å². The summed E-state index contributed by atoms with van der Waals surface area (Å²) in [4.78, 5) is 21.1. The number of rotatable bonds is 4. The van der Waals surface area contributed by atoms with Gasteiger partial charge in [-0.3, -0.25) is 20.4 Å². The molecule has 0 atom stereocenters. The van der Waals surface area contributed by atoms with Gasteiger partial charge in [-0.1, -0.05) is 12.1 Å². The molecular weight excluding hydrogens is 226 g/mol. The average molecular weight is 237 g/mol. The molecule has 0 bridgehead atoms. The Hall–Kier alpha value is -1.95. The Morgan fingerprint density at radius 1 is 1.44 bits per heavy atom. The van der Waals surface area contributed by atoms with E-state index in [1.807, 2.05) is 0 Å². The molecule has 1 aromatic carbocycles. The van der Waals surface area contributed by atoms with Gasteiger partial charge in [0, 0.05) is 11.3 Å². The van der Waals surface area contributed by atoms with Crippen LogP contribution in [0.15, 0.2) is 24.3 Å². The lowest BCUT2D eigenvalue weighted by Gasteiger charge is -2.09. The van der Waals surface area contributed by atoms with E-state index in [1.54, 1.807) is 24.3 Å². The molecule has 0 aliphatic carbocycles. The first-order valence-electron chi connectivity index (χ1n) is 4.50. The fourth-order valence-corrected chi connectivity index (χ4v) is 1.25. The molecule has 0 aromatic heterocycles. The number of hydrogen-bond acceptors (Lipinski definition) is 3. The second-order valence-corrected chi connectivity index (χ2v) is 3.39. The van der Waals surface area contributed by atoms with E-state index < -0.39 is 0 Å². The van der Waals surface area contributed by atoms with Crippen molar-refractivity contribution in [2.75, 3.05) is 5.32 Å². The molecule has 0 saturated carbocycles. The number of Topliss-reactive ketones (excluding diaryl/α,β-unsaturated/α-hetero) is 1. The number of amides is 1. The minimum Gasteiger partial charge on any atom is -0.331 e. The highest BCUT2D eigenvalue weighted by Gasteiger charge is 2.01. The van der Waals surface area contributed by atoms with Crippen LogP contribution in [0.25, 0.3) is 0 Å². The molecule has 0 aliphatic heterocycles. The van der Waals surface area contributed by atoms with Gasteiger partial charge >= 0.3 is 0 Å². The van der Waals surface area contributed by atoms with Gasteiger partial charge in [0.25, 0.3) is 0 Å². The van der Waals surface area contributed by atoms with E-state index in [0.29, 0.717) is 17.7 Å². The number of thiocarbonyl (C=S) groups is 1. The van der Waals surface area contributed by atoms with E-state index in [4.69, 9.17) is 12.2 Å². The van der Waals surface area contributed by atoms with Crippen molar-refractivity contribution in [2.24, 2.45) is 0 Å². The van der Waals surface area contributed by atoms with Gasteiger partial charge in [0.15, 0.2) is 10.9 Å². The lowest BCUT2D eigenvalue weighted by atomic mass is 10.1. The van der Waals surface area contributed by atoms with Crippen LogP contribution in [0, 0.1) is 0 Å². The quantitative estimate of drug-likeness (QED) is 0.313. The van der Waals surface area contributed by atoms with Crippen LogP contribution >= 0.6 is 12.2 Å². The topological polar surface area (TPSA) is 70.2 Å². The third kappa shape index (κ3) is 3.66. The van der Waals surface area contributed by atoms with Crippen molar-refractivity contribution in [3.63, 3.8) is 0 Å². The lowest BCUT2D eigenvalue weighted by molar-refractivity contribution is -0.110. The summed E-state index contributed by atoms with van der Waals surface area (Å²) in [5, 5.41) is 3.06. The number of hydrogen-bond donors (Lipinski definition) is 3. The number of ketones is 1. The van der Waals surface area contributed by atoms with E-state index in [9.17, 15) is 9.59 Å². The number of carbonyl (C=O) groups is 2. The maximum atomic E-state index is 11.1. The van der Waals surface area contributed by atoms with Crippen LogP contribution in [0.4, 0.5) is 5.69 Å². The molecule has 0 unspecified atom stereocenters. The fraction of sp³-hybridized carbons (Fsp3) is 0.100. The van der Waals surface area contributed by atoms with Gasteiger partial charge in [0.2, 0.25) is 6.41 Å². The molecule has 0 saturated heterocycles. The first kappa shape index (κ1) is 12.1. The molecule has 1 amide bonds. The van der Waals surface area contributed by atoms with E-state index in [0.717, 1.165) is 0 Å². The highest BCUT2D eigenvalue weighted by atomic mass is 32.1. The average Bonchev–Trinajstić information content (AvgIpc) is 2.26. The van der Waals surface area contributed by atoms with E-state index in [1.165, 1.54) is 6.92 Å². The largest absolute Gasteiger partial charge is 0.331 e. The van der Waals surface area contributed by atoms with Crippen LogP contribution in [0.2, 0.25) is 0 Å². The number of anilines is 1. The van der Waals surface area contributed by atoms with Gasteiger partial charge in [-0.15, -0.1) is 0 Å². The van der Waals surface area contributed by atoms with E-state index in [-0.39, 0.29) is 10.9 Å². The van der Waals surface area contributed by atoms with Crippen molar-refractivity contribution in [2.45, 2.75) is 6.92 Å². The molecule has 16 heavy (non-hydrogen) atoms. The van der Waals surface area contributed by atoms with Crippen LogP contribution < -0.4 is 16.2 Å². The molecule has 1 rings (SSSR count). The lowest BCUT2D eigenvalue weighted by Crippen LogP contribution is -2.39. The standard InChI is InChI=1S/C10H11N3O2S/c1-7(15)8-3-2-4-9(5-8)12-10(16)13-11-6-14/h2-6H,1H3,(H,11,14)(H2,12,13,16). The SMILES string of the molecule is CC(=O)c1cccc(NC(=S)NNC=O)c1. The summed E-state index contributed by atoms with van der Waals surface area (Å²) in [6, 6.07) is 6.90. The molecule has 0 fully saturated rings. The van der Waals surface area contributed by atoms with E-state index in [2.05, 4.69) is 16.2 Å². The second-order valence-electron chi connectivity index (χ2n) is 2.98. The van der Waals surface area contributed by atoms with Crippen LogP contribution in [-0.4, -0.2) is 17.3 Å². The summed E-state index contributed by atoms with van der Waals surface area (Å²) in [6.45, 7) is 1.49. The van der Waals surface area contributed by atoms with Gasteiger partial charge in [0.05, 0.1) is 0 Å². The first-order valence-corrected chi connectivity index (χ1v) is 4.91. The van der Waals surface area contributed by atoms with Crippen molar-refractivity contribution in [3.8, 4) is 0 Å². The summed E-state index contributed by atoms with van der Waals surface area (Å²) >= 11 is 4.88. The number of hydrazine groups is 1.